The zero-order valence-electron chi connectivity index (χ0n) is 11.2. The number of carbonyl (C=O) groups excluding carboxylic acids is 1. The number of rotatable bonds is 5. The van der Waals surface area contributed by atoms with Crippen LogP contribution >= 0.6 is 0 Å². The smallest absolute Gasteiger partial charge is 0.317 e. The number of hydrogen-bond acceptors (Lipinski definition) is 2. The molecule has 0 heterocycles. The van der Waals surface area contributed by atoms with Crippen molar-refractivity contribution in [2.24, 2.45) is 5.73 Å². The summed E-state index contributed by atoms with van der Waals surface area (Å²) in [6.45, 7) is 5.82. The highest BCUT2D eigenvalue weighted by Crippen LogP contribution is 2.22. The van der Waals surface area contributed by atoms with Gasteiger partial charge in [0.1, 0.15) is 0 Å². The van der Waals surface area contributed by atoms with E-state index in [2.05, 4.69) is 19.2 Å². The van der Waals surface area contributed by atoms with Gasteiger partial charge in [0.25, 0.3) is 0 Å². The van der Waals surface area contributed by atoms with Gasteiger partial charge < -0.3 is 16.0 Å². The molecule has 17 heavy (non-hydrogen) atoms. The SMILES string of the molecule is CCCNC(=O)N(CCC)C1CCC(N)CC1. The highest BCUT2D eigenvalue weighted by atomic mass is 16.2. The molecule has 4 heteroatoms. The number of hydrogen-bond donors (Lipinski definition) is 2. The normalized spacial score (nSPS) is 24.4. The topological polar surface area (TPSA) is 58.4 Å². The maximum atomic E-state index is 12.1. The summed E-state index contributed by atoms with van der Waals surface area (Å²) in [4.78, 5) is 14.1. The highest BCUT2D eigenvalue weighted by Gasteiger charge is 2.26. The summed E-state index contributed by atoms with van der Waals surface area (Å²) in [7, 11) is 0. The summed E-state index contributed by atoms with van der Waals surface area (Å²) in [6.07, 6.45) is 6.21. The first-order chi connectivity index (χ1) is 8.19. The fraction of sp³-hybridized carbons (Fsp3) is 0.923. The van der Waals surface area contributed by atoms with Crippen LogP contribution in [0, 0.1) is 0 Å². The Morgan fingerprint density at radius 3 is 2.41 bits per heavy atom. The van der Waals surface area contributed by atoms with E-state index in [1.165, 1.54) is 0 Å². The molecule has 0 aromatic rings. The van der Waals surface area contributed by atoms with E-state index in [-0.39, 0.29) is 6.03 Å². The van der Waals surface area contributed by atoms with Crippen LogP contribution < -0.4 is 11.1 Å². The van der Waals surface area contributed by atoms with Crippen molar-refractivity contribution in [1.29, 1.82) is 0 Å². The molecule has 0 atom stereocenters. The Balaban J connectivity index is 2.49. The Morgan fingerprint density at radius 2 is 1.88 bits per heavy atom. The minimum absolute atomic E-state index is 0.106. The molecule has 4 nitrogen and oxygen atoms in total. The molecular formula is C13H27N3O. The Labute approximate surface area is 105 Å². The van der Waals surface area contributed by atoms with E-state index in [0.29, 0.717) is 12.1 Å². The number of nitrogens with two attached hydrogens (primary N) is 1. The Morgan fingerprint density at radius 1 is 1.24 bits per heavy atom. The number of amides is 2. The van der Waals surface area contributed by atoms with Crippen LogP contribution in [0.15, 0.2) is 0 Å². The molecule has 0 radical (unpaired) electrons. The van der Waals surface area contributed by atoms with E-state index in [0.717, 1.165) is 51.6 Å². The molecule has 3 N–H and O–H groups in total. The molecule has 0 aromatic heterocycles. The van der Waals surface area contributed by atoms with Gasteiger partial charge in [-0.2, -0.15) is 0 Å². The second-order valence-electron chi connectivity index (χ2n) is 4.99. The van der Waals surface area contributed by atoms with E-state index < -0.39 is 0 Å². The first-order valence-corrected chi connectivity index (χ1v) is 6.99. The van der Waals surface area contributed by atoms with Gasteiger partial charge in [-0.3, -0.25) is 0 Å². The second kappa shape index (κ2) is 7.54. The standard InChI is InChI=1S/C13H27N3O/c1-3-9-15-13(17)16(10-4-2)12-7-5-11(14)6-8-12/h11-12H,3-10,14H2,1-2H3,(H,15,17). The fourth-order valence-corrected chi connectivity index (χ4v) is 2.44. The van der Waals surface area contributed by atoms with Gasteiger partial charge in [0.05, 0.1) is 0 Å². The molecule has 2 amide bonds. The third-order valence-corrected chi connectivity index (χ3v) is 3.43. The number of nitrogens with zero attached hydrogens (tertiary/aromatic N) is 1. The van der Waals surface area contributed by atoms with Gasteiger partial charge in [0.2, 0.25) is 0 Å². The predicted octanol–water partition coefficient (Wildman–Crippen LogP) is 2.09. The molecule has 0 saturated heterocycles. The van der Waals surface area contributed by atoms with E-state index in [4.69, 9.17) is 5.73 Å². The molecule has 0 aliphatic heterocycles. The summed E-state index contributed by atoms with van der Waals surface area (Å²) in [5.74, 6) is 0. The summed E-state index contributed by atoms with van der Waals surface area (Å²) in [5, 5.41) is 2.98. The lowest BCUT2D eigenvalue weighted by Crippen LogP contribution is -2.49. The largest absolute Gasteiger partial charge is 0.338 e. The maximum Gasteiger partial charge on any atom is 0.317 e. The average Bonchev–Trinajstić information content (AvgIpc) is 2.34. The molecule has 0 spiro atoms. The molecule has 1 fully saturated rings. The molecule has 0 unspecified atom stereocenters. The zero-order valence-corrected chi connectivity index (χ0v) is 11.2. The third-order valence-electron chi connectivity index (χ3n) is 3.43. The van der Waals surface area contributed by atoms with Crippen LogP contribution in [0.1, 0.15) is 52.4 Å². The molecule has 1 aliphatic rings. The summed E-state index contributed by atoms with van der Waals surface area (Å²) in [6, 6.07) is 0.842. The van der Waals surface area contributed by atoms with E-state index in [1.807, 2.05) is 4.90 Å². The van der Waals surface area contributed by atoms with Crippen LogP contribution in [-0.2, 0) is 0 Å². The van der Waals surface area contributed by atoms with Gasteiger partial charge >= 0.3 is 6.03 Å². The summed E-state index contributed by atoms with van der Waals surface area (Å²) in [5.41, 5.74) is 5.91. The molecule has 1 rings (SSSR count). The first kappa shape index (κ1) is 14.3. The third kappa shape index (κ3) is 4.54. The molecule has 1 saturated carbocycles. The van der Waals surface area contributed by atoms with E-state index >= 15 is 0 Å². The van der Waals surface area contributed by atoms with Crippen LogP contribution in [0.5, 0.6) is 0 Å². The molecule has 100 valence electrons. The van der Waals surface area contributed by atoms with Crippen molar-refractivity contribution in [3.63, 3.8) is 0 Å². The molecular weight excluding hydrogens is 214 g/mol. The van der Waals surface area contributed by atoms with Crippen molar-refractivity contribution < 1.29 is 4.79 Å². The second-order valence-corrected chi connectivity index (χ2v) is 4.99. The van der Waals surface area contributed by atoms with Crippen molar-refractivity contribution >= 4 is 6.03 Å². The predicted molar refractivity (Wildman–Crippen MR) is 70.9 cm³/mol. The van der Waals surface area contributed by atoms with Crippen LogP contribution in [-0.4, -0.2) is 36.1 Å². The number of carbonyl (C=O) groups is 1. The van der Waals surface area contributed by atoms with Gasteiger partial charge in [-0.1, -0.05) is 13.8 Å². The van der Waals surface area contributed by atoms with Crippen molar-refractivity contribution in [2.75, 3.05) is 13.1 Å². The van der Waals surface area contributed by atoms with Gasteiger partial charge in [-0.25, -0.2) is 4.79 Å². The minimum Gasteiger partial charge on any atom is -0.338 e. The van der Waals surface area contributed by atoms with Crippen LogP contribution in [0.4, 0.5) is 4.79 Å². The fourth-order valence-electron chi connectivity index (χ4n) is 2.44. The number of nitrogens with one attached hydrogen (secondary N) is 1. The number of urea groups is 1. The lowest BCUT2D eigenvalue weighted by molar-refractivity contribution is 0.152. The van der Waals surface area contributed by atoms with E-state index in [1.54, 1.807) is 0 Å². The van der Waals surface area contributed by atoms with Crippen molar-refractivity contribution in [1.82, 2.24) is 10.2 Å². The molecule has 1 aliphatic carbocycles. The Kier molecular flexibility index (Phi) is 6.34. The minimum atomic E-state index is 0.106. The van der Waals surface area contributed by atoms with Gasteiger partial charge in [-0.05, 0) is 38.5 Å². The lowest BCUT2D eigenvalue weighted by atomic mass is 9.91. The van der Waals surface area contributed by atoms with E-state index in [9.17, 15) is 4.79 Å². The van der Waals surface area contributed by atoms with Crippen molar-refractivity contribution in [3.8, 4) is 0 Å². The Bertz CT molecular complexity index is 225. The van der Waals surface area contributed by atoms with Crippen molar-refractivity contribution in [2.45, 2.75) is 64.5 Å². The Hall–Kier alpha value is -0.770. The molecule has 0 aromatic carbocycles. The van der Waals surface area contributed by atoms with Crippen LogP contribution in [0.25, 0.3) is 0 Å². The van der Waals surface area contributed by atoms with Crippen LogP contribution in [0.2, 0.25) is 0 Å². The summed E-state index contributed by atoms with van der Waals surface area (Å²) < 4.78 is 0. The highest BCUT2D eigenvalue weighted by molar-refractivity contribution is 5.74. The summed E-state index contributed by atoms with van der Waals surface area (Å²) >= 11 is 0. The average molecular weight is 241 g/mol. The van der Waals surface area contributed by atoms with Crippen molar-refractivity contribution in [3.05, 3.63) is 0 Å². The molecule has 0 bridgehead atoms. The zero-order chi connectivity index (χ0) is 12.7. The van der Waals surface area contributed by atoms with Gasteiger partial charge in [-0.15, -0.1) is 0 Å². The van der Waals surface area contributed by atoms with Crippen LogP contribution in [0.3, 0.4) is 0 Å². The van der Waals surface area contributed by atoms with Gasteiger partial charge in [0.15, 0.2) is 0 Å². The monoisotopic (exact) mass is 241 g/mol. The lowest BCUT2D eigenvalue weighted by Gasteiger charge is -2.36. The quantitative estimate of drug-likeness (QED) is 0.774. The van der Waals surface area contributed by atoms with Gasteiger partial charge in [0, 0.05) is 25.2 Å². The first-order valence-electron chi connectivity index (χ1n) is 6.99. The maximum absolute atomic E-state index is 12.1.